The standard InChI is InChI=1S/C11H20N4/c1-3-15(8-11(12,13)14)10-6-4-9(2)5-7-10/h4-7H,3,8,12-14H2,1-2H3. The van der Waals surface area contributed by atoms with Gasteiger partial charge in [0.1, 0.15) is 5.79 Å². The lowest BCUT2D eigenvalue weighted by Crippen LogP contribution is -2.64. The molecule has 0 fully saturated rings. The van der Waals surface area contributed by atoms with E-state index in [4.69, 9.17) is 17.2 Å². The van der Waals surface area contributed by atoms with Gasteiger partial charge in [0, 0.05) is 12.2 Å². The number of anilines is 1. The Bertz CT molecular complexity index is 299. The Morgan fingerprint density at radius 2 is 1.67 bits per heavy atom. The number of aryl methyl sites for hydroxylation is 1. The van der Waals surface area contributed by atoms with Crippen LogP contribution in [0.1, 0.15) is 12.5 Å². The van der Waals surface area contributed by atoms with Crippen LogP contribution in [0.25, 0.3) is 0 Å². The van der Waals surface area contributed by atoms with E-state index in [1.54, 1.807) is 0 Å². The lowest BCUT2D eigenvalue weighted by atomic mass is 10.2. The van der Waals surface area contributed by atoms with Crippen molar-refractivity contribution in [1.29, 1.82) is 0 Å². The van der Waals surface area contributed by atoms with Crippen LogP contribution >= 0.6 is 0 Å². The Hall–Kier alpha value is -1.10. The van der Waals surface area contributed by atoms with Gasteiger partial charge in [-0.2, -0.15) is 0 Å². The van der Waals surface area contributed by atoms with Crippen LogP contribution < -0.4 is 22.1 Å². The molecule has 0 aliphatic heterocycles. The van der Waals surface area contributed by atoms with Gasteiger partial charge in [-0.1, -0.05) is 17.7 Å². The predicted octanol–water partition coefficient (Wildman–Crippen LogP) is 0.351. The molecule has 6 N–H and O–H groups in total. The van der Waals surface area contributed by atoms with Gasteiger partial charge in [-0.05, 0) is 26.0 Å². The molecule has 0 aromatic heterocycles. The van der Waals surface area contributed by atoms with Gasteiger partial charge >= 0.3 is 0 Å². The second-order valence-corrected chi connectivity index (χ2v) is 3.96. The molecule has 0 atom stereocenters. The Balaban J connectivity index is 2.79. The topological polar surface area (TPSA) is 81.3 Å². The van der Waals surface area contributed by atoms with Crippen molar-refractivity contribution in [2.24, 2.45) is 17.2 Å². The number of hydrogen-bond donors (Lipinski definition) is 3. The SMILES string of the molecule is CCN(CC(N)(N)N)c1ccc(C)cc1. The van der Waals surface area contributed by atoms with Crippen LogP contribution in [-0.4, -0.2) is 18.9 Å². The van der Waals surface area contributed by atoms with E-state index in [1.165, 1.54) is 5.56 Å². The molecule has 0 amide bonds. The van der Waals surface area contributed by atoms with Crippen molar-refractivity contribution in [1.82, 2.24) is 0 Å². The maximum absolute atomic E-state index is 5.59. The predicted molar refractivity (Wildman–Crippen MR) is 64.4 cm³/mol. The lowest BCUT2D eigenvalue weighted by molar-refractivity contribution is 0.457. The van der Waals surface area contributed by atoms with E-state index in [2.05, 4.69) is 24.0 Å². The van der Waals surface area contributed by atoms with Gasteiger partial charge in [0.05, 0.1) is 6.54 Å². The first-order chi connectivity index (χ1) is 6.92. The number of nitrogens with two attached hydrogens (primary N) is 3. The molecule has 0 spiro atoms. The van der Waals surface area contributed by atoms with Gasteiger partial charge in [-0.15, -0.1) is 0 Å². The smallest absolute Gasteiger partial charge is 0.134 e. The van der Waals surface area contributed by atoms with Gasteiger partial charge in [0.2, 0.25) is 0 Å². The quantitative estimate of drug-likeness (QED) is 0.624. The first-order valence-electron chi connectivity index (χ1n) is 5.10. The highest BCUT2D eigenvalue weighted by Crippen LogP contribution is 2.14. The molecule has 0 bridgehead atoms. The molecule has 0 saturated heterocycles. The van der Waals surface area contributed by atoms with Crippen LogP contribution in [0.3, 0.4) is 0 Å². The highest BCUT2D eigenvalue weighted by Gasteiger charge is 2.16. The largest absolute Gasteiger partial charge is 0.367 e. The summed E-state index contributed by atoms with van der Waals surface area (Å²) >= 11 is 0. The fourth-order valence-electron chi connectivity index (χ4n) is 1.47. The molecular weight excluding hydrogens is 188 g/mol. The highest BCUT2D eigenvalue weighted by atomic mass is 15.2. The van der Waals surface area contributed by atoms with Crippen LogP contribution in [0, 0.1) is 6.92 Å². The zero-order valence-electron chi connectivity index (χ0n) is 9.40. The normalized spacial score (nSPS) is 11.5. The van der Waals surface area contributed by atoms with E-state index in [-0.39, 0.29) is 0 Å². The van der Waals surface area contributed by atoms with E-state index in [0.717, 1.165) is 12.2 Å². The first-order valence-corrected chi connectivity index (χ1v) is 5.10. The Kier molecular flexibility index (Phi) is 3.68. The van der Waals surface area contributed by atoms with E-state index < -0.39 is 5.79 Å². The molecule has 15 heavy (non-hydrogen) atoms. The molecule has 0 radical (unpaired) electrons. The molecule has 1 aromatic carbocycles. The molecule has 1 aromatic rings. The van der Waals surface area contributed by atoms with Crippen molar-refractivity contribution in [3.8, 4) is 0 Å². The number of likely N-dealkylation sites (N-methyl/N-ethyl adjacent to an activating group) is 1. The zero-order chi connectivity index (χ0) is 11.5. The van der Waals surface area contributed by atoms with E-state index >= 15 is 0 Å². The second kappa shape index (κ2) is 4.61. The lowest BCUT2D eigenvalue weighted by Gasteiger charge is -2.30. The van der Waals surface area contributed by atoms with Crippen LogP contribution in [0.15, 0.2) is 24.3 Å². The summed E-state index contributed by atoms with van der Waals surface area (Å²) in [5.41, 5.74) is 19.1. The van der Waals surface area contributed by atoms with Gasteiger partial charge in [-0.25, -0.2) is 0 Å². The minimum absolute atomic E-state index is 0.437. The van der Waals surface area contributed by atoms with E-state index in [9.17, 15) is 0 Å². The van der Waals surface area contributed by atoms with Gasteiger partial charge in [0.15, 0.2) is 0 Å². The molecule has 1 rings (SSSR count). The molecule has 0 unspecified atom stereocenters. The van der Waals surface area contributed by atoms with Crippen molar-refractivity contribution in [2.75, 3.05) is 18.0 Å². The third-order valence-corrected chi connectivity index (χ3v) is 2.25. The Labute approximate surface area is 91.0 Å². The fraction of sp³-hybridized carbons (Fsp3) is 0.455. The average Bonchev–Trinajstić information content (AvgIpc) is 2.14. The monoisotopic (exact) mass is 208 g/mol. The van der Waals surface area contributed by atoms with Crippen molar-refractivity contribution < 1.29 is 0 Å². The number of rotatable bonds is 4. The number of nitrogens with zero attached hydrogens (tertiary/aromatic N) is 1. The van der Waals surface area contributed by atoms with Crippen molar-refractivity contribution in [2.45, 2.75) is 19.6 Å². The van der Waals surface area contributed by atoms with Gasteiger partial charge in [0.25, 0.3) is 0 Å². The molecule has 4 heteroatoms. The average molecular weight is 208 g/mol. The molecule has 0 aliphatic carbocycles. The Morgan fingerprint density at radius 3 is 2.07 bits per heavy atom. The maximum atomic E-state index is 5.59. The van der Waals surface area contributed by atoms with Crippen LogP contribution in [0.2, 0.25) is 0 Å². The summed E-state index contributed by atoms with van der Waals surface area (Å²) in [4.78, 5) is 2.06. The number of benzene rings is 1. The van der Waals surface area contributed by atoms with Crippen molar-refractivity contribution >= 4 is 5.69 Å². The van der Waals surface area contributed by atoms with E-state index in [0.29, 0.717) is 6.54 Å². The zero-order valence-corrected chi connectivity index (χ0v) is 9.40. The van der Waals surface area contributed by atoms with Gasteiger partial charge < -0.3 is 4.90 Å². The minimum atomic E-state index is -1.15. The maximum Gasteiger partial charge on any atom is 0.134 e. The molecular formula is C11H20N4. The third kappa shape index (κ3) is 3.87. The summed E-state index contributed by atoms with van der Waals surface area (Å²) in [6.07, 6.45) is 0. The minimum Gasteiger partial charge on any atom is -0.367 e. The summed E-state index contributed by atoms with van der Waals surface area (Å²) in [7, 11) is 0. The highest BCUT2D eigenvalue weighted by molar-refractivity contribution is 5.47. The summed E-state index contributed by atoms with van der Waals surface area (Å²) in [6.45, 7) is 5.37. The van der Waals surface area contributed by atoms with Crippen LogP contribution in [0.4, 0.5) is 5.69 Å². The second-order valence-electron chi connectivity index (χ2n) is 3.96. The summed E-state index contributed by atoms with van der Waals surface area (Å²) in [6, 6.07) is 8.21. The van der Waals surface area contributed by atoms with Crippen LogP contribution in [-0.2, 0) is 0 Å². The summed E-state index contributed by atoms with van der Waals surface area (Å²) in [5, 5.41) is 0. The van der Waals surface area contributed by atoms with Gasteiger partial charge in [-0.3, -0.25) is 17.2 Å². The molecule has 0 heterocycles. The molecule has 84 valence electrons. The van der Waals surface area contributed by atoms with Crippen molar-refractivity contribution in [3.05, 3.63) is 29.8 Å². The summed E-state index contributed by atoms with van der Waals surface area (Å²) < 4.78 is 0. The fourth-order valence-corrected chi connectivity index (χ4v) is 1.47. The molecule has 0 aliphatic rings. The molecule has 4 nitrogen and oxygen atoms in total. The van der Waals surface area contributed by atoms with E-state index in [1.807, 2.05) is 19.1 Å². The number of hydrogen-bond acceptors (Lipinski definition) is 4. The Morgan fingerprint density at radius 1 is 1.13 bits per heavy atom. The van der Waals surface area contributed by atoms with Crippen LogP contribution in [0.5, 0.6) is 0 Å². The van der Waals surface area contributed by atoms with Crippen molar-refractivity contribution in [3.63, 3.8) is 0 Å². The summed E-state index contributed by atoms with van der Waals surface area (Å²) in [5.74, 6) is -1.15. The molecule has 0 saturated carbocycles. The third-order valence-electron chi connectivity index (χ3n) is 2.25. The first kappa shape index (κ1) is 12.0.